The topological polar surface area (TPSA) is 15.3 Å². The second-order valence-electron chi connectivity index (χ2n) is 7.00. The Labute approximate surface area is 122 Å². The summed E-state index contributed by atoms with van der Waals surface area (Å²) >= 11 is 0. The Morgan fingerprint density at radius 3 is 2.95 bits per heavy atom. The molecule has 2 aliphatic heterocycles. The Bertz CT molecular complexity index is 482. The third kappa shape index (κ3) is 2.46. The monoisotopic (exact) mass is 270 g/mol. The van der Waals surface area contributed by atoms with Gasteiger partial charge in [-0.15, -0.1) is 0 Å². The summed E-state index contributed by atoms with van der Waals surface area (Å²) in [5.74, 6) is 2.04. The van der Waals surface area contributed by atoms with Gasteiger partial charge < -0.3 is 5.32 Å². The zero-order valence-corrected chi connectivity index (χ0v) is 12.4. The van der Waals surface area contributed by atoms with E-state index in [-0.39, 0.29) is 0 Å². The molecule has 108 valence electrons. The summed E-state index contributed by atoms with van der Waals surface area (Å²) in [4.78, 5) is 2.70. The second-order valence-corrected chi connectivity index (χ2v) is 7.00. The van der Waals surface area contributed by atoms with Gasteiger partial charge in [-0.1, -0.05) is 31.4 Å². The molecule has 0 radical (unpaired) electrons. The van der Waals surface area contributed by atoms with Crippen LogP contribution in [-0.2, 0) is 13.0 Å². The fourth-order valence-corrected chi connectivity index (χ4v) is 4.53. The van der Waals surface area contributed by atoms with Crippen molar-refractivity contribution in [1.82, 2.24) is 4.90 Å². The number of rotatable bonds is 2. The molecule has 4 rings (SSSR count). The smallest absolute Gasteiger partial charge is 0.0373 e. The van der Waals surface area contributed by atoms with Gasteiger partial charge in [-0.25, -0.2) is 0 Å². The van der Waals surface area contributed by atoms with Crippen molar-refractivity contribution in [3.8, 4) is 0 Å². The van der Waals surface area contributed by atoms with Crippen molar-refractivity contribution < 1.29 is 0 Å². The largest absolute Gasteiger partial charge is 0.384 e. The fourth-order valence-electron chi connectivity index (χ4n) is 4.53. The van der Waals surface area contributed by atoms with Gasteiger partial charge in [0.25, 0.3) is 0 Å². The Kier molecular flexibility index (Phi) is 3.43. The van der Waals surface area contributed by atoms with Gasteiger partial charge in [-0.05, 0) is 54.8 Å². The van der Waals surface area contributed by atoms with E-state index in [2.05, 4.69) is 28.4 Å². The number of anilines is 1. The molecule has 3 aliphatic rings. The Hall–Kier alpha value is -1.02. The summed E-state index contributed by atoms with van der Waals surface area (Å²) in [5, 5.41) is 3.45. The molecule has 0 aromatic heterocycles. The lowest BCUT2D eigenvalue weighted by Crippen LogP contribution is -2.41. The number of nitrogens with one attached hydrogen (secondary N) is 1. The van der Waals surface area contributed by atoms with Crippen LogP contribution >= 0.6 is 0 Å². The molecule has 1 N–H and O–H groups in total. The van der Waals surface area contributed by atoms with E-state index in [4.69, 9.17) is 0 Å². The molecule has 1 aromatic carbocycles. The van der Waals surface area contributed by atoms with E-state index in [9.17, 15) is 0 Å². The van der Waals surface area contributed by atoms with Crippen LogP contribution in [0.4, 0.5) is 5.69 Å². The van der Waals surface area contributed by atoms with Crippen LogP contribution in [-0.4, -0.2) is 24.5 Å². The zero-order valence-electron chi connectivity index (χ0n) is 12.4. The van der Waals surface area contributed by atoms with Crippen LogP contribution in [0.15, 0.2) is 18.2 Å². The number of fused-ring (bicyclic) bond motifs is 2. The van der Waals surface area contributed by atoms with E-state index in [1.165, 1.54) is 68.4 Å². The predicted molar refractivity (Wildman–Crippen MR) is 84.0 cm³/mol. The van der Waals surface area contributed by atoms with Crippen LogP contribution < -0.4 is 5.32 Å². The van der Waals surface area contributed by atoms with E-state index < -0.39 is 0 Å². The lowest BCUT2D eigenvalue weighted by atomic mass is 9.75. The zero-order chi connectivity index (χ0) is 13.4. The SMILES string of the molecule is c1cc2c(cc1CN1CCC3CCCCC3C1)CCN2. The first kappa shape index (κ1) is 12.7. The maximum Gasteiger partial charge on any atom is 0.0373 e. The van der Waals surface area contributed by atoms with Crippen LogP contribution in [0.1, 0.15) is 43.2 Å². The van der Waals surface area contributed by atoms with Crippen molar-refractivity contribution >= 4 is 5.69 Å². The standard InChI is InChI=1S/C18H26N2/c1-2-4-17-13-20(10-8-15(17)3-1)12-14-5-6-18-16(11-14)7-9-19-18/h5-6,11,15,17,19H,1-4,7-10,12-13H2. The molecule has 2 atom stereocenters. The molecule has 0 amide bonds. The van der Waals surface area contributed by atoms with Crippen molar-refractivity contribution in [2.24, 2.45) is 11.8 Å². The summed E-state index contributed by atoms with van der Waals surface area (Å²) in [6.45, 7) is 4.94. The van der Waals surface area contributed by atoms with Crippen LogP contribution in [0, 0.1) is 11.8 Å². The first-order valence-corrected chi connectivity index (χ1v) is 8.46. The van der Waals surface area contributed by atoms with Gasteiger partial charge in [0.05, 0.1) is 0 Å². The Balaban J connectivity index is 1.41. The minimum Gasteiger partial charge on any atom is -0.384 e. The average Bonchev–Trinajstić information content (AvgIpc) is 2.95. The van der Waals surface area contributed by atoms with Crippen molar-refractivity contribution in [3.05, 3.63) is 29.3 Å². The predicted octanol–water partition coefficient (Wildman–Crippen LogP) is 3.67. The number of hydrogen-bond acceptors (Lipinski definition) is 2. The number of nitrogens with zero attached hydrogens (tertiary/aromatic N) is 1. The third-order valence-electron chi connectivity index (χ3n) is 5.66. The minimum atomic E-state index is 0.994. The highest BCUT2D eigenvalue weighted by atomic mass is 15.1. The molecule has 1 saturated carbocycles. The highest BCUT2D eigenvalue weighted by Crippen LogP contribution is 2.36. The minimum absolute atomic E-state index is 0.994. The van der Waals surface area contributed by atoms with E-state index in [0.29, 0.717) is 0 Å². The molecular formula is C18H26N2. The first-order valence-electron chi connectivity index (χ1n) is 8.46. The van der Waals surface area contributed by atoms with E-state index in [1.807, 2.05) is 0 Å². The molecule has 20 heavy (non-hydrogen) atoms. The summed E-state index contributed by atoms with van der Waals surface area (Å²) in [6, 6.07) is 7.04. The van der Waals surface area contributed by atoms with E-state index in [0.717, 1.165) is 24.9 Å². The molecule has 1 saturated heterocycles. The molecule has 2 nitrogen and oxygen atoms in total. The van der Waals surface area contributed by atoms with Crippen molar-refractivity contribution in [3.63, 3.8) is 0 Å². The van der Waals surface area contributed by atoms with Crippen molar-refractivity contribution in [2.75, 3.05) is 25.0 Å². The van der Waals surface area contributed by atoms with Gasteiger partial charge in [0.2, 0.25) is 0 Å². The molecule has 0 spiro atoms. The van der Waals surface area contributed by atoms with Crippen LogP contribution in [0.2, 0.25) is 0 Å². The van der Waals surface area contributed by atoms with Gasteiger partial charge >= 0.3 is 0 Å². The molecule has 1 aliphatic carbocycles. The summed E-state index contributed by atoms with van der Waals surface area (Å²) in [6.07, 6.45) is 8.59. The van der Waals surface area contributed by atoms with Crippen LogP contribution in [0.3, 0.4) is 0 Å². The molecular weight excluding hydrogens is 244 g/mol. The highest BCUT2D eigenvalue weighted by molar-refractivity contribution is 5.56. The van der Waals surface area contributed by atoms with E-state index >= 15 is 0 Å². The lowest BCUT2D eigenvalue weighted by molar-refractivity contribution is 0.0820. The van der Waals surface area contributed by atoms with Crippen molar-refractivity contribution in [2.45, 2.75) is 45.1 Å². The molecule has 2 heteroatoms. The van der Waals surface area contributed by atoms with Crippen LogP contribution in [0.25, 0.3) is 0 Å². The normalized spacial score (nSPS) is 29.6. The van der Waals surface area contributed by atoms with Gasteiger partial charge in [0, 0.05) is 25.3 Å². The summed E-state index contributed by atoms with van der Waals surface area (Å²) in [5.41, 5.74) is 4.40. The maximum absolute atomic E-state index is 3.45. The molecule has 2 fully saturated rings. The Morgan fingerprint density at radius 1 is 1.10 bits per heavy atom. The highest BCUT2D eigenvalue weighted by Gasteiger charge is 2.30. The number of benzene rings is 1. The van der Waals surface area contributed by atoms with Gasteiger partial charge in [0.1, 0.15) is 0 Å². The first-order chi connectivity index (χ1) is 9.88. The van der Waals surface area contributed by atoms with E-state index in [1.54, 1.807) is 0 Å². The molecule has 0 bridgehead atoms. The van der Waals surface area contributed by atoms with Gasteiger partial charge in [-0.2, -0.15) is 0 Å². The van der Waals surface area contributed by atoms with Crippen molar-refractivity contribution in [1.29, 1.82) is 0 Å². The van der Waals surface area contributed by atoms with Gasteiger partial charge in [0.15, 0.2) is 0 Å². The lowest BCUT2D eigenvalue weighted by Gasteiger charge is -2.41. The molecule has 2 heterocycles. The fraction of sp³-hybridized carbons (Fsp3) is 0.667. The second kappa shape index (κ2) is 5.40. The number of likely N-dealkylation sites (tertiary alicyclic amines) is 1. The third-order valence-corrected chi connectivity index (χ3v) is 5.66. The summed E-state index contributed by atoms with van der Waals surface area (Å²) < 4.78 is 0. The maximum atomic E-state index is 3.45. The quantitative estimate of drug-likeness (QED) is 0.882. The van der Waals surface area contributed by atoms with Gasteiger partial charge in [-0.3, -0.25) is 4.90 Å². The molecule has 1 aromatic rings. The molecule has 2 unspecified atom stereocenters. The average molecular weight is 270 g/mol. The number of piperidine rings is 1. The summed E-state index contributed by atoms with van der Waals surface area (Å²) in [7, 11) is 0. The number of hydrogen-bond donors (Lipinski definition) is 1. The van der Waals surface area contributed by atoms with Crippen LogP contribution in [0.5, 0.6) is 0 Å². The Morgan fingerprint density at radius 2 is 2.00 bits per heavy atom.